The zero-order valence-corrected chi connectivity index (χ0v) is 11.5. The minimum Gasteiger partial charge on any atom is -0.481 e. The van der Waals surface area contributed by atoms with Crippen molar-refractivity contribution < 1.29 is 14.7 Å². The normalized spacial score (nSPS) is 10.1. The van der Waals surface area contributed by atoms with Gasteiger partial charge in [-0.05, 0) is 30.9 Å². The molecule has 0 spiro atoms. The van der Waals surface area contributed by atoms with E-state index in [1.54, 1.807) is 12.1 Å². The third-order valence-electron chi connectivity index (χ3n) is 2.27. The Kier molecular flexibility index (Phi) is 6.01. The molecule has 6 heteroatoms. The summed E-state index contributed by atoms with van der Waals surface area (Å²) in [6.07, 6.45) is 2.36. The average Bonchev–Trinajstić information content (AvgIpc) is 2.34. The largest absolute Gasteiger partial charge is 0.481 e. The van der Waals surface area contributed by atoms with Crippen molar-refractivity contribution in [3.05, 3.63) is 28.8 Å². The Morgan fingerprint density at radius 3 is 2.78 bits per heavy atom. The summed E-state index contributed by atoms with van der Waals surface area (Å²) in [4.78, 5) is 23.1. The van der Waals surface area contributed by atoms with Gasteiger partial charge in [-0.15, -0.1) is 11.8 Å². The van der Waals surface area contributed by atoms with Gasteiger partial charge in [0.15, 0.2) is 0 Å². The van der Waals surface area contributed by atoms with Crippen LogP contribution in [0.2, 0.25) is 5.02 Å². The second kappa shape index (κ2) is 7.28. The van der Waals surface area contributed by atoms with Crippen molar-refractivity contribution in [3.8, 4) is 0 Å². The molecular formula is C12H14ClNO3S. The van der Waals surface area contributed by atoms with Crippen LogP contribution in [-0.4, -0.2) is 29.8 Å². The number of halogens is 1. The van der Waals surface area contributed by atoms with E-state index in [0.717, 1.165) is 4.90 Å². The predicted octanol–water partition coefficient (Wildman–Crippen LogP) is 2.66. The summed E-state index contributed by atoms with van der Waals surface area (Å²) in [5, 5.41) is 11.5. The lowest BCUT2D eigenvalue weighted by molar-refractivity contribution is -0.137. The summed E-state index contributed by atoms with van der Waals surface area (Å²) >= 11 is 7.47. The van der Waals surface area contributed by atoms with Crippen LogP contribution in [-0.2, 0) is 4.79 Å². The molecule has 4 nitrogen and oxygen atoms in total. The summed E-state index contributed by atoms with van der Waals surface area (Å²) in [7, 11) is 0. The van der Waals surface area contributed by atoms with Crippen molar-refractivity contribution in [3.63, 3.8) is 0 Å². The molecule has 0 radical (unpaired) electrons. The Bertz CT molecular complexity index is 451. The van der Waals surface area contributed by atoms with Gasteiger partial charge in [0.05, 0.1) is 10.6 Å². The first-order valence-electron chi connectivity index (χ1n) is 5.38. The minimum absolute atomic E-state index is 0.0405. The third-order valence-corrected chi connectivity index (χ3v) is 3.33. The predicted molar refractivity (Wildman–Crippen MR) is 72.4 cm³/mol. The molecule has 0 unspecified atom stereocenters. The van der Waals surface area contributed by atoms with Gasteiger partial charge in [-0.3, -0.25) is 9.59 Å². The first-order valence-corrected chi connectivity index (χ1v) is 6.98. The summed E-state index contributed by atoms with van der Waals surface area (Å²) < 4.78 is 0. The molecule has 0 saturated heterocycles. The van der Waals surface area contributed by atoms with Gasteiger partial charge in [-0.2, -0.15) is 0 Å². The second-order valence-electron chi connectivity index (χ2n) is 3.60. The molecule has 18 heavy (non-hydrogen) atoms. The van der Waals surface area contributed by atoms with Gasteiger partial charge in [0.1, 0.15) is 0 Å². The van der Waals surface area contributed by atoms with Crippen LogP contribution in [0.25, 0.3) is 0 Å². The zero-order chi connectivity index (χ0) is 13.5. The Labute approximate surface area is 115 Å². The van der Waals surface area contributed by atoms with Gasteiger partial charge in [0, 0.05) is 17.9 Å². The Morgan fingerprint density at radius 2 is 2.17 bits per heavy atom. The highest BCUT2D eigenvalue weighted by molar-refractivity contribution is 7.98. The van der Waals surface area contributed by atoms with E-state index in [0.29, 0.717) is 23.6 Å². The third kappa shape index (κ3) is 4.58. The van der Waals surface area contributed by atoms with Crippen molar-refractivity contribution >= 4 is 35.2 Å². The van der Waals surface area contributed by atoms with Crippen LogP contribution in [0.3, 0.4) is 0 Å². The van der Waals surface area contributed by atoms with Gasteiger partial charge in [0.2, 0.25) is 0 Å². The number of hydrogen-bond donors (Lipinski definition) is 2. The van der Waals surface area contributed by atoms with Crippen molar-refractivity contribution in [1.82, 2.24) is 5.32 Å². The molecule has 0 aromatic heterocycles. The number of nitrogens with one attached hydrogen (secondary N) is 1. The fraction of sp³-hybridized carbons (Fsp3) is 0.333. The van der Waals surface area contributed by atoms with Crippen LogP contribution < -0.4 is 5.32 Å². The molecule has 0 aliphatic rings. The van der Waals surface area contributed by atoms with Crippen molar-refractivity contribution in [2.75, 3.05) is 12.8 Å². The van der Waals surface area contributed by atoms with E-state index in [9.17, 15) is 9.59 Å². The monoisotopic (exact) mass is 287 g/mol. The van der Waals surface area contributed by atoms with E-state index in [1.165, 1.54) is 11.8 Å². The lowest BCUT2D eigenvalue weighted by Crippen LogP contribution is -2.25. The summed E-state index contributed by atoms with van der Waals surface area (Å²) in [6.45, 7) is 0.324. The Hall–Kier alpha value is -1.20. The number of hydrogen-bond acceptors (Lipinski definition) is 3. The molecule has 1 aromatic rings. The highest BCUT2D eigenvalue weighted by Crippen LogP contribution is 2.22. The number of benzene rings is 1. The number of carbonyl (C=O) groups is 2. The van der Waals surface area contributed by atoms with Crippen LogP contribution in [0.1, 0.15) is 23.2 Å². The smallest absolute Gasteiger partial charge is 0.303 e. The summed E-state index contributed by atoms with van der Waals surface area (Å²) in [6, 6.07) is 5.24. The highest BCUT2D eigenvalue weighted by Gasteiger charge is 2.10. The summed E-state index contributed by atoms with van der Waals surface area (Å²) in [5.74, 6) is -1.15. The van der Waals surface area contributed by atoms with Gasteiger partial charge in [-0.1, -0.05) is 11.6 Å². The SMILES string of the molecule is CSc1ccc(Cl)c(C(=O)NCCCC(=O)O)c1. The van der Waals surface area contributed by atoms with E-state index in [-0.39, 0.29) is 12.3 Å². The van der Waals surface area contributed by atoms with Crippen LogP contribution in [0.5, 0.6) is 0 Å². The molecule has 98 valence electrons. The standard InChI is InChI=1S/C12H14ClNO3S/c1-18-8-4-5-10(13)9(7-8)12(17)14-6-2-3-11(15)16/h4-5,7H,2-3,6H2,1H3,(H,14,17)(H,15,16). The molecular weight excluding hydrogens is 274 g/mol. The lowest BCUT2D eigenvalue weighted by atomic mass is 10.2. The number of amides is 1. The number of carboxylic acids is 1. The number of aliphatic carboxylic acids is 1. The van der Waals surface area contributed by atoms with Crippen LogP contribution in [0.15, 0.2) is 23.1 Å². The maximum Gasteiger partial charge on any atom is 0.303 e. The minimum atomic E-state index is -0.869. The first kappa shape index (κ1) is 14.9. The highest BCUT2D eigenvalue weighted by atomic mass is 35.5. The van der Waals surface area contributed by atoms with Gasteiger partial charge < -0.3 is 10.4 Å². The van der Waals surface area contributed by atoms with E-state index in [4.69, 9.17) is 16.7 Å². The fourth-order valence-corrected chi connectivity index (χ4v) is 1.99. The number of carbonyl (C=O) groups excluding carboxylic acids is 1. The van der Waals surface area contributed by atoms with E-state index >= 15 is 0 Å². The Morgan fingerprint density at radius 1 is 1.44 bits per heavy atom. The van der Waals surface area contributed by atoms with Gasteiger partial charge in [0.25, 0.3) is 5.91 Å². The molecule has 0 aliphatic carbocycles. The quantitative estimate of drug-likeness (QED) is 0.623. The zero-order valence-electron chi connectivity index (χ0n) is 9.90. The van der Waals surface area contributed by atoms with Crippen LogP contribution in [0, 0.1) is 0 Å². The number of thioether (sulfide) groups is 1. The van der Waals surface area contributed by atoms with Crippen LogP contribution >= 0.6 is 23.4 Å². The molecule has 0 heterocycles. The number of rotatable bonds is 6. The maximum absolute atomic E-state index is 11.8. The van der Waals surface area contributed by atoms with E-state index in [1.807, 2.05) is 12.3 Å². The molecule has 1 rings (SSSR count). The fourth-order valence-electron chi connectivity index (χ4n) is 1.34. The molecule has 0 fully saturated rings. The molecule has 0 aliphatic heterocycles. The second-order valence-corrected chi connectivity index (χ2v) is 4.89. The first-order chi connectivity index (χ1) is 8.54. The van der Waals surface area contributed by atoms with Gasteiger partial charge >= 0.3 is 5.97 Å². The lowest BCUT2D eigenvalue weighted by Gasteiger charge is -2.07. The summed E-state index contributed by atoms with van der Waals surface area (Å²) in [5.41, 5.74) is 0.416. The Balaban J connectivity index is 2.58. The van der Waals surface area contributed by atoms with E-state index in [2.05, 4.69) is 5.32 Å². The molecule has 0 saturated carbocycles. The number of carboxylic acid groups (broad SMARTS) is 1. The van der Waals surface area contributed by atoms with Crippen LogP contribution in [0.4, 0.5) is 0 Å². The van der Waals surface area contributed by atoms with Gasteiger partial charge in [-0.25, -0.2) is 0 Å². The van der Waals surface area contributed by atoms with Crippen molar-refractivity contribution in [2.24, 2.45) is 0 Å². The average molecular weight is 288 g/mol. The molecule has 0 bridgehead atoms. The molecule has 1 aromatic carbocycles. The van der Waals surface area contributed by atoms with Crippen molar-refractivity contribution in [2.45, 2.75) is 17.7 Å². The molecule has 0 atom stereocenters. The van der Waals surface area contributed by atoms with E-state index < -0.39 is 5.97 Å². The maximum atomic E-state index is 11.8. The molecule has 1 amide bonds. The van der Waals surface area contributed by atoms with Crippen molar-refractivity contribution in [1.29, 1.82) is 0 Å². The topological polar surface area (TPSA) is 66.4 Å². The molecule has 2 N–H and O–H groups in total.